The summed E-state index contributed by atoms with van der Waals surface area (Å²) in [5, 5.41) is 12.9. The number of rotatable bonds is 24. The largest absolute Gasteiger partial charge is 0.492 e. The Bertz CT molecular complexity index is 3420. The normalized spacial score (nSPS) is 22.1. The molecule has 7 atom stereocenters. The maximum atomic E-state index is 11.7. The molecule has 7 heteroatoms. The zero-order chi connectivity index (χ0) is 56.5. The predicted molar refractivity (Wildman–Crippen MR) is 340 cm³/mol. The van der Waals surface area contributed by atoms with Crippen molar-refractivity contribution in [1.82, 2.24) is 0 Å². The third-order valence-corrected chi connectivity index (χ3v) is 21.0. The second-order valence-electron chi connectivity index (χ2n) is 23.7. The van der Waals surface area contributed by atoms with E-state index in [9.17, 15) is 5.11 Å². The molecule has 1 N–H and O–H groups in total. The van der Waals surface area contributed by atoms with Crippen molar-refractivity contribution in [3.05, 3.63) is 272 Å². The van der Waals surface area contributed by atoms with Gasteiger partial charge in [0.15, 0.2) is 0 Å². The van der Waals surface area contributed by atoms with Gasteiger partial charge in [0.2, 0.25) is 0 Å². The maximum Gasteiger partial charge on any atom is 0.119 e. The van der Waals surface area contributed by atoms with Crippen molar-refractivity contribution in [2.24, 2.45) is 0 Å². The highest BCUT2D eigenvalue weighted by molar-refractivity contribution is 8.07. The molecule has 422 valence electrons. The number of aryl methyl sites for hydroxylation is 2. The number of benzene rings is 8. The summed E-state index contributed by atoms with van der Waals surface area (Å²) >= 11 is 3.95. The average Bonchev–Trinajstić information content (AvgIpc) is 3.05. The summed E-state index contributed by atoms with van der Waals surface area (Å²) in [6, 6.07) is 72.5. The molecule has 0 spiro atoms. The van der Waals surface area contributed by atoms with Crippen molar-refractivity contribution in [3.8, 4) is 11.5 Å². The first-order valence-electron chi connectivity index (χ1n) is 30.2. The van der Waals surface area contributed by atoms with Gasteiger partial charge in [0.05, 0.1) is 24.4 Å². The fourth-order valence-electron chi connectivity index (χ4n) is 14.1. The molecule has 8 aromatic rings. The molecule has 4 aliphatic rings. The molecule has 2 aliphatic heterocycles. The Kier molecular flexibility index (Phi) is 16.4. The van der Waals surface area contributed by atoms with E-state index in [0.29, 0.717) is 10.5 Å². The first kappa shape index (κ1) is 56.4. The maximum absolute atomic E-state index is 11.7. The van der Waals surface area contributed by atoms with E-state index >= 15 is 0 Å². The number of thioether (sulfide) groups is 2. The Balaban J connectivity index is 0.786. The first-order valence-corrected chi connectivity index (χ1v) is 32.3. The number of ether oxygens (including phenoxy) is 4. The van der Waals surface area contributed by atoms with Gasteiger partial charge in [-0.3, -0.25) is 0 Å². The molecular weight excluding hydrogens is 1040 g/mol. The highest BCUT2D eigenvalue weighted by Gasteiger charge is 2.49. The van der Waals surface area contributed by atoms with Gasteiger partial charge in [-0.15, -0.1) is 0 Å². The van der Waals surface area contributed by atoms with Crippen molar-refractivity contribution in [3.63, 3.8) is 0 Å². The van der Waals surface area contributed by atoms with E-state index in [4.69, 9.17) is 18.9 Å². The summed E-state index contributed by atoms with van der Waals surface area (Å²) in [5.41, 5.74) is 16.3. The van der Waals surface area contributed by atoms with Crippen molar-refractivity contribution in [2.75, 3.05) is 37.9 Å². The highest BCUT2D eigenvalue weighted by atomic mass is 32.2. The molecule has 82 heavy (non-hydrogen) atoms. The number of aliphatic hydroxyl groups is 1. The number of hydrogen-bond donors (Lipinski definition) is 1. The topological polar surface area (TPSA) is 57.2 Å². The quantitative estimate of drug-likeness (QED) is 0.0605. The lowest BCUT2D eigenvalue weighted by Gasteiger charge is -2.36. The van der Waals surface area contributed by atoms with Gasteiger partial charge in [0, 0.05) is 44.7 Å². The monoisotopic (exact) mass is 1120 g/mol. The molecule has 2 heterocycles. The van der Waals surface area contributed by atoms with Crippen LogP contribution in [0.5, 0.6) is 11.5 Å². The molecule has 0 bridgehead atoms. The van der Waals surface area contributed by atoms with Gasteiger partial charge < -0.3 is 24.1 Å². The van der Waals surface area contributed by atoms with Gasteiger partial charge in [-0.25, -0.2) is 0 Å². The predicted octanol–water partition coefficient (Wildman–Crippen LogP) is 17.2. The Morgan fingerprint density at radius 3 is 1.27 bits per heavy atom. The van der Waals surface area contributed by atoms with Crippen LogP contribution in [0, 0.1) is 13.8 Å². The van der Waals surface area contributed by atoms with Crippen LogP contribution in [0.25, 0.3) is 0 Å². The van der Waals surface area contributed by atoms with E-state index in [1.165, 1.54) is 83.8 Å². The van der Waals surface area contributed by atoms with E-state index in [1.54, 1.807) is 0 Å². The third-order valence-electron chi connectivity index (χ3n) is 19.1. The summed E-state index contributed by atoms with van der Waals surface area (Å²) in [4.78, 5) is 0. The van der Waals surface area contributed by atoms with Gasteiger partial charge in [0.25, 0.3) is 0 Å². The molecule has 12 rings (SSSR count). The Morgan fingerprint density at radius 2 is 0.854 bits per heavy atom. The average molecular weight is 1130 g/mol. The van der Waals surface area contributed by atoms with Crippen molar-refractivity contribution in [1.29, 1.82) is 0 Å². The molecule has 0 radical (unpaired) electrons. The number of fused-ring (bicyclic) bond motifs is 2. The van der Waals surface area contributed by atoms with Gasteiger partial charge in [0.1, 0.15) is 30.8 Å². The van der Waals surface area contributed by atoms with Crippen molar-refractivity contribution >= 4 is 23.5 Å². The first-order chi connectivity index (χ1) is 40.0. The Labute approximate surface area is 496 Å². The van der Waals surface area contributed by atoms with Crippen LogP contribution in [0.1, 0.15) is 156 Å². The summed E-state index contributed by atoms with van der Waals surface area (Å²) in [5.74, 6) is 4.48. The molecule has 2 aliphatic carbocycles. The fraction of sp³-hybridized carbons (Fsp3) is 0.360. The van der Waals surface area contributed by atoms with Gasteiger partial charge >= 0.3 is 0 Å². The molecule has 0 saturated carbocycles. The minimum absolute atomic E-state index is 0.109. The van der Waals surface area contributed by atoms with Crippen LogP contribution >= 0.6 is 23.5 Å². The third kappa shape index (κ3) is 10.9. The Morgan fingerprint density at radius 1 is 0.463 bits per heavy atom. The van der Waals surface area contributed by atoms with Crippen molar-refractivity contribution in [2.45, 2.75) is 131 Å². The van der Waals surface area contributed by atoms with Crippen LogP contribution in [0.4, 0.5) is 0 Å². The zero-order valence-corrected chi connectivity index (χ0v) is 50.4. The standard InChI is InChI=1S/C75H80O5S2/c1-7-72(8-2,55-23-27-57(28-24-55)75(60-33-37-63(38-34-60)78-47-64-49-81-64)44-69(54-19-15-12-16-20-54)67-40-22-52(6)42-71(67)75)79-46-61(76)45-77-62-35-31-59(32-36-62)74(43-68(53-17-13-11-14-18-53)66-39-21-51(5)41-70(66)74)58-29-25-56(26-30-58)73(9-3,10-4)80-48-65-50-82-65/h11-42,61,64-65,68-69,76H,7-10,43-50H2,1-6H3. The molecule has 5 nitrogen and oxygen atoms in total. The highest BCUT2D eigenvalue weighted by Crippen LogP contribution is 2.58. The summed E-state index contributed by atoms with van der Waals surface area (Å²) < 4.78 is 26.4. The van der Waals surface area contributed by atoms with Gasteiger partial charge in [-0.2, -0.15) is 23.5 Å². The van der Waals surface area contributed by atoms with E-state index in [-0.39, 0.29) is 30.7 Å². The van der Waals surface area contributed by atoms with Crippen LogP contribution in [0.15, 0.2) is 194 Å². The summed E-state index contributed by atoms with van der Waals surface area (Å²) in [6.45, 7) is 15.1. The SMILES string of the molecule is CCC(CC)(OCC(O)COc1ccc(C2(c3ccc(C(CC)(CC)OCC4CS4)cc3)CC(c3ccccc3)c3ccc(C)cc32)cc1)c1ccc(C2(c3ccc(OCC4CS4)cc3)CC(c3ccccc3)c3ccc(C)cc32)cc1. The summed E-state index contributed by atoms with van der Waals surface area (Å²) in [7, 11) is 0. The molecular formula is C75H80O5S2. The van der Waals surface area contributed by atoms with E-state index in [1.807, 2.05) is 23.5 Å². The summed E-state index contributed by atoms with van der Waals surface area (Å²) in [6.07, 6.45) is 4.35. The van der Waals surface area contributed by atoms with Gasteiger partial charge in [-0.05, 0) is 143 Å². The molecule has 2 saturated heterocycles. The molecule has 8 aromatic carbocycles. The molecule has 0 amide bonds. The number of aliphatic hydroxyl groups excluding tert-OH is 1. The van der Waals surface area contributed by atoms with Gasteiger partial charge in [-0.1, -0.05) is 209 Å². The van der Waals surface area contributed by atoms with Crippen LogP contribution in [-0.4, -0.2) is 59.6 Å². The van der Waals surface area contributed by atoms with Crippen LogP contribution in [0.2, 0.25) is 0 Å². The minimum atomic E-state index is -0.839. The zero-order valence-electron chi connectivity index (χ0n) is 48.7. The van der Waals surface area contributed by atoms with Crippen LogP contribution in [-0.2, 0) is 31.5 Å². The second kappa shape index (κ2) is 23.9. The lowest BCUT2D eigenvalue weighted by Crippen LogP contribution is -2.34. The fourth-order valence-corrected chi connectivity index (χ4v) is 14.9. The second-order valence-corrected chi connectivity index (χ2v) is 26.4. The smallest absolute Gasteiger partial charge is 0.119 e. The molecule has 0 aromatic heterocycles. The Hall–Kier alpha value is -6.06. The van der Waals surface area contributed by atoms with Crippen molar-refractivity contribution < 1.29 is 24.1 Å². The van der Waals surface area contributed by atoms with Crippen LogP contribution < -0.4 is 9.47 Å². The van der Waals surface area contributed by atoms with E-state index in [2.05, 4.69) is 236 Å². The lowest BCUT2D eigenvalue weighted by atomic mass is 9.69. The van der Waals surface area contributed by atoms with Crippen LogP contribution in [0.3, 0.4) is 0 Å². The minimum Gasteiger partial charge on any atom is -0.492 e. The lowest BCUT2D eigenvalue weighted by molar-refractivity contribution is -0.0961. The van der Waals surface area contributed by atoms with E-state index < -0.39 is 22.5 Å². The van der Waals surface area contributed by atoms with E-state index in [0.717, 1.165) is 68.8 Å². The molecule has 2 fully saturated rings. The molecule has 7 unspecified atom stereocenters. The number of hydrogen-bond acceptors (Lipinski definition) is 7.